The summed E-state index contributed by atoms with van der Waals surface area (Å²) >= 11 is 0.316. The van der Waals surface area contributed by atoms with Crippen LogP contribution in [-0.4, -0.2) is 9.97 Å². The summed E-state index contributed by atoms with van der Waals surface area (Å²) in [6.45, 7) is 0. The number of anilines is 2. The molecule has 0 aliphatic carbocycles. The molecular formula is C22H12F8N4S. The molecule has 0 amide bonds. The molecule has 182 valence electrons. The second-order valence-corrected chi connectivity index (χ2v) is 8.11. The molecule has 4 aromatic rings. The highest BCUT2D eigenvalue weighted by Gasteiger charge is 2.37. The number of alkyl halides is 6. The minimum absolute atomic E-state index is 0.00843. The maximum atomic E-state index is 15.2. The summed E-state index contributed by atoms with van der Waals surface area (Å²) in [4.78, 5) is 7.33. The van der Waals surface area contributed by atoms with Crippen molar-refractivity contribution in [2.45, 2.75) is 17.2 Å². The fourth-order valence-corrected chi connectivity index (χ4v) is 3.96. The first-order valence-electron chi connectivity index (χ1n) is 9.56. The van der Waals surface area contributed by atoms with Gasteiger partial charge < -0.3 is 10.5 Å². The quantitative estimate of drug-likeness (QED) is 0.220. The molecule has 3 N–H and O–H groups in total. The molecule has 0 fully saturated rings. The molecule has 1 heterocycles. The summed E-state index contributed by atoms with van der Waals surface area (Å²) in [5.74, 6) is -2.03. The van der Waals surface area contributed by atoms with E-state index in [1.165, 1.54) is 24.4 Å². The van der Waals surface area contributed by atoms with Crippen molar-refractivity contribution in [2.24, 2.45) is 0 Å². The van der Waals surface area contributed by atoms with Crippen molar-refractivity contribution in [1.82, 2.24) is 9.97 Å². The van der Waals surface area contributed by atoms with Crippen LogP contribution in [0.5, 0.6) is 0 Å². The van der Waals surface area contributed by atoms with Crippen LogP contribution in [0.2, 0.25) is 0 Å². The summed E-state index contributed by atoms with van der Waals surface area (Å²) in [5.41, 5.74) is 2.19. The molecule has 0 aliphatic rings. The normalized spacial score (nSPS) is 12.2. The van der Waals surface area contributed by atoms with E-state index in [-0.39, 0.29) is 23.3 Å². The van der Waals surface area contributed by atoms with Crippen LogP contribution in [0.15, 0.2) is 59.6 Å². The Kier molecular flexibility index (Phi) is 6.21. The smallest absolute Gasteiger partial charge is 0.368 e. The van der Waals surface area contributed by atoms with Crippen LogP contribution in [0.25, 0.3) is 22.0 Å². The van der Waals surface area contributed by atoms with Crippen molar-refractivity contribution >= 4 is 34.5 Å². The summed E-state index contributed by atoms with van der Waals surface area (Å²) in [6, 6.07) is 7.12. The number of hydrogen-bond donors (Lipinski definition) is 2. The van der Waals surface area contributed by atoms with Crippen molar-refractivity contribution in [3.8, 4) is 11.1 Å². The van der Waals surface area contributed by atoms with Gasteiger partial charge in [0.15, 0.2) is 5.82 Å². The number of nitrogens with one attached hydrogen (secondary N) is 1. The number of nitrogens with zero attached hydrogens (tertiary/aromatic N) is 2. The molecular weight excluding hydrogens is 504 g/mol. The van der Waals surface area contributed by atoms with E-state index in [0.717, 1.165) is 12.1 Å². The van der Waals surface area contributed by atoms with Crippen molar-refractivity contribution in [2.75, 3.05) is 10.5 Å². The van der Waals surface area contributed by atoms with E-state index in [0.29, 0.717) is 35.0 Å². The van der Waals surface area contributed by atoms with Gasteiger partial charge in [0.1, 0.15) is 5.82 Å². The van der Waals surface area contributed by atoms with Gasteiger partial charge in [0.2, 0.25) is 5.95 Å². The minimum Gasteiger partial charge on any atom is -0.368 e. The van der Waals surface area contributed by atoms with E-state index in [1.54, 1.807) is 0 Å². The van der Waals surface area contributed by atoms with E-state index < -0.39 is 45.6 Å². The molecule has 3 aromatic carbocycles. The van der Waals surface area contributed by atoms with Gasteiger partial charge in [-0.3, -0.25) is 0 Å². The highest BCUT2D eigenvalue weighted by atomic mass is 32.2. The fraction of sp³-hybridized carbons (Fsp3) is 0.0909. The standard InChI is InChI=1S/C22H12F8N4S/c23-15-2-4-17(19(24)18(15)10-1-3-16-11(5-10)9-32-20(31)33-16)34-35-14-7-12(21(25,26)27)6-13(8-14)22(28,29)30/h1-9,34H,(H2,31,32,33). The van der Waals surface area contributed by atoms with Crippen LogP contribution in [0.3, 0.4) is 0 Å². The maximum Gasteiger partial charge on any atom is 0.416 e. The summed E-state index contributed by atoms with van der Waals surface area (Å²) < 4.78 is 111. The molecule has 0 bridgehead atoms. The molecule has 0 saturated carbocycles. The van der Waals surface area contributed by atoms with E-state index in [2.05, 4.69) is 14.7 Å². The van der Waals surface area contributed by atoms with Crippen LogP contribution >= 0.6 is 11.9 Å². The van der Waals surface area contributed by atoms with Gasteiger partial charge in [-0.25, -0.2) is 18.7 Å². The Morgan fingerprint density at radius 1 is 0.829 bits per heavy atom. The summed E-state index contributed by atoms with van der Waals surface area (Å²) in [6.07, 6.45) is -8.70. The van der Waals surface area contributed by atoms with E-state index in [1.807, 2.05) is 0 Å². The van der Waals surface area contributed by atoms with Crippen molar-refractivity contribution in [1.29, 1.82) is 0 Å². The topological polar surface area (TPSA) is 63.8 Å². The third-order valence-corrected chi connectivity index (χ3v) is 5.61. The lowest BCUT2D eigenvalue weighted by Crippen LogP contribution is -2.11. The van der Waals surface area contributed by atoms with Gasteiger partial charge in [0, 0.05) is 16.5 Å². The molecule has 0 radical (unpaired) electrons. The molecule has 0 aliphatic heterocycles. The monoisotopic (exact) mass is 516 g/mol. The molecule has 4 rings (SSSR count). The van der Waals surface area contributed by atoms with Gasteiger partial charge >= 0.3 is 12.4 Å². The van der Waals surface area contributed by atoms with Crippen LogP contribution < -0.4 is 10.5 Å². The van der Waals surface area contributed by atoms with Gasteiger partial charge in [-0.15, -0.1) is 0 Å². The fourth-order valence-electron chi connectivity index (χ4n) is 3.20. The predicted octanol–water partition coefficient (Wildman–Crippen LogP) is 7.31. The molecule has 0 unspecified atom stereocenters. The number of nitrogens with two attached hydrogens (primary N) is 1. The summed E-state index contributed by atoms with van der Waals surface area (Å²) in [5, 5.41) is 0.437. The predicted molar refractivity (Wildman–Crippen MR) is 115 cm³/mol. The van der Waals surface area contributed by atoms with Crippen LogP contribution in [-0.2, 0) is 12.4 Å². The van der Waals surface area contributed by atoms with Crippen molar-refractivity contribution < 1.29 is 35.1 Å². The Morgan fingerprint density at radius 2 is 1.49 bits per heavy atom. The first-order chi connectivity index (χ1) is 16.3. The molecule has 1 aromatic heterocycles. The SMILES string of the molecule is Nc1ncc2cc(-c3c(F)ccc(NSc4cc(C(F)(F)F)cc(C(F)(F)F)c4)c3F)ccc2n1. The van der Waals surface area contributed by atoms with E-state index in [4.69, 9.17) is 5.73 Å². The maximum absolute atomic E-state index is 15.2. The Balaban J connectivity index is 1.68. The largest absolute Gasteiger partial charge is 0.416 e. The zero-order valence-corrected chi connectivity index (χ0v) is 17.9. The number of benzene rings is 3. The number of halogens is 8. The van der Waals surface area contributed by atoms with E-state index >= 15 is 4.39 Å². The van der Waals surface area contributed by atoms with Gasteiger partial charge in [0.05, 0.1) is 27.9 Å². The number of fused-ring (bicyclic) bond motifs is 1. The Bertz CT molecular complexity index is 1390. The van der Waals surface area contributed by atoms with Crippen molar-refractivity contribution in [3.63, 3.8) is 0 Å². The second kappa shape index (κ2) is 8.87. The summed E-state index contributed by atoms with van der Waals surface area (Å²) in [7, 11) is 0. The first kappa shape index (κ1) is 24.5. The zero-order chi connectivity index (χ0) is 25.5. The third kappa shape index (κ3) is 5.24. The average Bonchev–Trinajstić information content (AvgIpc) is 2.77. The Hall–Kier alpha value is -3.61. The van der Waals surface area contributed by atoms with Crippen LogP contribution in [0, 0.1) is 11.6 Å². The lowest BCUT2D eigenvalue weighted by Gasteiger charge is -2.15. The third-order valence-electron chi connectivity index (χ3n) is 4.82. The van der Waals surface area contributed by atoms with Gasteiger partial charge in [0.25, 0.3) is 0 Å². The van der Waals surface area contributed by atoms with Gasteiger partial charge in [-0.05, 0) is 60.0 Å². The zero-order valence-electron chi connectivity index (χ0n) is 17.1. The van der Waals surface area contributed by atoms with Crippen molar-refractivity contribution in [3.05, 3.63) is 77.5 Å². The number of nitrogen functional groups attached to an aromatic ring is 1. The Labute approximate surface area is 196 Å². The lowest BCUT2D eigenvalue weighted by molar-refractivity contribution is -0.143. The lowest BCUT2D eigenvalue weighted by atomic mass is 10.0. The number of hydrogen-bond acceptors (Lipinski definition) is 5. The Morgan fingerprint density at radius 3 is 2.11 bits per heavy atom. The van der Waals surface area contributed by atoms with Crippen LogP contribution in [0.1, 0.15) is 11.1 Å². The average molecular weight is 516 g/mol. The van der Waals surface area contributed by atoms with Gasteiger partial charge in [-0.1, -0.05) is 6.07 Å². The minimum atomic E-state index is -5.03. The highest BCUT2D eigenvalue weighted by Crippen LogP contribution is 2.39. The van der Waals surface area contributed by atoms with Gasteiger partial charge in [-0.2, -0.15) is 26.3 Å². The molecule has 0 saturated heterocycles. The second-order valence-electron chi connectivity index (χ2n) is 7.23. The van der Waals surface area contributed by atoms with E-state index in [9.17, 15) is 30.7 Å². The number of rotatable bonds is 4. The van der Waals surface area contributed by atoms with Crippen LogP contribution in [0.4, 0.5) is 46.8 Å². The number of aromatic nitrogens is 2. The first-order valence-corrected chi connectivity index (χ1v) is 10.4. The highest BCUT2D eigenvalue weighted by molar-refractivity contribution is 8.00. The molecule has 35 heavy (non-hydrogen) atoms. The molecule has 4 nitrogen and oxygen atoms in total. The molecule has 13 heteroatoms. The molecule has 0 spiro atoms. The molecule has 0 atom stereocenters.